The molecule has 1 unspecified atom stereocenters. The maximum absolute atomic E-state index is 12.5. The van der Waals surface area contributed by atoms with E-state index in [1.807, 2.05) is 0 Å². The Kier molecular flexibility index (Phi) is 3.59. The van der Waals surface area contributed by atoms with Crippen LogP contribution in [0.15, 0.2) is 18.2 Å². The zero-order chi connectivity index (χ0) is 11.6. The van der Waals surface area contributed by atoms with Gasteiger partial charge in [0, 0.05) is 10.6 Å². The van der Waals surface area contributed by atoms with Gasteiger partial charge in [0.25, 0.3) is 0 Å². The van der Waals surface area contributed by atoms with E-state index < -0.39 is 24.4 Å². The first-order valence-corrected chi connectivity index (χ1v) is 4.47. The van der Waals surface area contributed by atoms with Crippen molar-refractivity contribution in [1.29, 1.82) is 0 Å². The molecule has 1 rings (SSSR count). The Morgan fingerprint density at radius 1 is 1.40 bits per heavy atom. The minimum Gasteiger partial charge on any atom is -0.394 e. The zero-order valence-corrected chi connectivity index (χ0v) is 8.31. The lowest BCUT2D eigenvalue weighted by Crippen LogP contribution is -2.20. The smallest absolute Gasteiger partial charge is 0.394 e. The van der Waals surface area contributed by atoms with Crippen LogP contribution in [-0.4, -0.2) is 11.7 Å². The molecule has 0 saturated heterocycles. The summed E-state index contributed by atoms with van der Waals surface area (Å²) in [7, 11) is 0. The first-order chi connectivity index (χ1) is 6.88. The molecule has 3 N–H and O–H groups in total. The maximum Gasteiger partial charge on any atom is 0.416 e. The van der Waals surface area contributed by atoms with Gasteiger partial charge < -0.3 is 10.8 Å². The molecule has 0 fully saturated rings. The van der Waals surface area contributed by atoms with Crippen LogP contribution >= 0.6 is 11.6 Å². The van der Waals surface area contributed by atoms with Crippen LogP contribution < -0.4 is 5.73 Å². The summed E-state index contributed by atoms with van der Waals surface area (Å²) in [6.45, 7) is -0.590. The van der Waals surface area contributed by atoms with E-state index in [0.717, 1.165) is 6.07 Å². The number of hydrogen-bond acceptors (Lipinski definition) is 2. The second-order valence-electron chi connectivity index (χ2n) is 2.99. The van der Waals surface area contributed by atoms with E-state index in [4.69, 9.17) is 22.4 Å². The van der Waals surface area contributed by atoms with Crippen molar-refractivity contribution in [3.8, 4) is 0 Å². The Morgan fingerprint density at radius 2 is 2.00 bits per heavy atom. The molecule has 0 aromatic heterocycles. The van der Waals surface area contributed by atoms with Crippen molar-refractivity contribution in [3.05, 3.63) is 34.3 Å². The summed E-state index contributed by atoms with van der Waals surface area (Å²) >= 11 is 5.62. The fourth-order valence-electron chi connectivity index (χ4n) is 1.25. The molecular formula is C9H9ClF3NO. The van der Waals surface area contributed by atoms with Crippen LogP contribution in [-0.2, 0) is 6.18 Å². The maximum atomic E-state index is 12.5. The second kappa shape index (κ2) is 4.38. The van der Waals surface area contributed by atoms with Crippen LogP contribution in [0.25, 0.3) is 0 Å². The monoisotopic (exact) mass is 239 g/mol. The van der Waals surface area contributed by atoms with Gasteiger partial charge in [-0.15, -0.1) is 0 Å². The number of aliphatic hydroxyl groups is 1. The standard InChI is InChI=1S/C9H9ClF3NO/c10-6-3-1-2-5(9(11,12)13)8(6)7(14)4-15/h1-3,7,15H,4,14H2. The van der Waals surface area contributed by atoms with Crippen molar-refractivity contribution in [2.24, 2.45) is 5.73 Å². The van der Waals surface area contributed by atoms with Crippen LogP contribution in [0.3, 0.4) is 0 Å². The van der Waals surface area contributed by atoms with Crippen molar-refractivity contribution in [2.45, 2.75) is 12.2 Å². The fourth-order valence-corrected chi connectivity index (χ4v) is 1.57. The third kappa shape index (κ3) is 2.62. The van der Waals surface area contributed by atoms with Crippen LogP contribution in [0.2, 0.25) is 5.02 Å². The average molecular weight is 240 g/mol. The van der Waals surface area contributed by atoms with Crippen LogP contribution in [0, 0.1) is 0 Å². The van der Waals surface area contributed by atoms with Gasteiger partial charge in [0.15, 0.2) is 0 Å². The molecule has 15 heavy (non-hydrogen) atoms. The number of nitrogens with two attached hydrogens (primary N) is 1. The molecule has 0 saturated carbocycles. The molecule has 0 amide bonds. The Labute approximate surface area is 89.5 Å². The largest absolute Gasteiger partial charge is 0.416 e. The Morgan fingerprint density at radius 3 is 2.47 bits per heavy atom. The van der Waals surface area contributed by atoms with Gasteiger partial charge in [-0.1, -0.05) is 17.7 Å². The summed E-state index contributed by atoms with van der Waals surface area (Å²) in [5.41, 5.74) is 4.18. The highest BCUT2D eigenvalue weighted by molar-refractivity contribution is 6.31. The summed E-state index contributed by atoms with van der Waals surface area (Å²) < 4.78 is 37.6. The van der Waals surface area contributed by atoms with Gasteiger partial charge in [-0.2, -0.15) is 13.2 Å². The Hall–Kier alpha value is -0.780. The second-order valence-corrected chi connectivity index (χ2v) is 3.40. The minimum absolute atomic E-state index is 0.0913. The number of rotatable bonds is 2. The molecule has 1 aromatic rings. The van der Waals surface area contributed by atoms with Gasteiger partial charge in [-0.3, -0.25) is 0 Å². The molecule has 1 aromatic carbocycles. The normalized spacial score (nSPS) is 14.0. The predicted molar refractivity (Wildman–Crippen MR) is 50.5 cm³/mol. The lowest BCUT2D eigenvalue weighted by Gasteiger charge is -2.17. The highest BCUT2D eigenvalue weighted by Crippen LogP contribution is 2.37. The van der Waals surface area contributed by atoms with E-state index in [0.29, 0.717) is 0 Å². The van der Waals surface area contributed by atoms with Crippen LogP contribution in [0.1, 0.15) is 17.2 Å². The highest BCUT2D eigenvalue weighted by atomic mass is 35.5. The third-order valence-electron chi connectivity index (χ3n) is 1.93. The van der Waals surface area contributed by atoms with E-state index in [2.05, 4.69) is 0 Å². The molecule has 6 heteroatoms. The van der Waals surface area contributed by atoms with Gasteiger partial charge in [0.1, 0.15) is 0 Å². The topological polar surface area (TPSA) is 46.2 Å². The highest BCUT2D eigenvalue weighted by Gasteiger charge is 2.35. The third-order valence-corrected chi connectivity index (χ3v) is 2.26. The van der Waals surface area contributed by atoms with Crippen molar-refractivity contribution in [2.75, 3.05) is 6.61 Å². The van der Waals surface area contributed by atoms with Gasteiger partial charge in [0.05, 0.1) is 18.2 Å². The van der Waals surface area contributed by atoms with Crippen molar-refractivity contribution >= 4 is 11.6 Å². The number of halogens is 4. The van der Waals surface area contributed by atoms with Crippen LogP contribution in [0.5, 0.6) is 0 Å². The Bertz CT molecular complexity index is 354. The summed E-state index contributed by atoms with van der Waals surface area (Å²) in [4.78, 5) is 0. The van der Waals surface area contributed by atoms with E-state index in [9.17, 15) is 13.2 Å². The number of aliphatic hydroxyl groups excluding tert-OH is 1. The summed E-state index contributed by atoms with van der Waals surface area (Å²) in [5.74, 6) is 0. The van der Waals surface area contributed by atoms with Gasteiger partial charge in [-0.05, 0) is 12.1 Å². The molecule has 1 atom stereocenters. The van der Waals surface area contributed by atoms with E-state index >= 15 is 0 Å². The summed E-state index contributed by atoms with van der Waals surface area (Å²) in [6.07, 6.45) is -4.52. The Balaban J connectivity index is 3.33. The average Bonchev–Trinajstić information content (AvgIpc) is 2.15. The molecule has 0 aliphatic heterocycles. The van der Waals surface area contributed by atoms with E-state index in [-0.39, 0.29) is 10.6 Å². The fraction of sp³-hybridized carbons (Fsp3) is 0.333. The molecule has 0 spiro atoms. The molecule has 0 heterocycles. The lowest BCUT2D eigenvalue weighted by molar-refractivity contribution is -0.138. The first-order valence-electron chi connectivity index (χ1n) is 4.10. The molecular weight excluding hydrogens is 231 g/mol. The molecule has 0 aliphatic rings. The van der Waals surface area contributed by atoms with E-state index in [1.165, 1.54) is 12.1 Å². The van der Waals surface area contributed by atoms with Gasteiger partial charge >= 0.3 is 6.18 Å². The number of hydrogen-bond donors (Lipinski definition) is 2. The quantitative estimate of drug-likeness (QED) is 0.832. The van der Waals surface area contributed by atoms with Crippen molar-refractivity contribution in [3.63, 3.8) is 0 Å². The van der Waals surface area contributed by atoms with Gasteiger partial charge in [-0.25, -0.2) is 0 Å². The molecule has 0 radical (unpaired) electrons. The first kappa shape index (κ1) is 12.3. The van der Waals surface area contributed by atoms with Crippen molar-refractivity contribution < 1.29 is 18.3 Å². The number of benzene rings is 1. The van der Waals surface area contributed by atoms with E-state index in [1.54, 1.807) is 0 Å². The molecule has 0 bridgehead atoms. The molecule has 84 valence electrons. The number of alkyl halides is 3. The summed E-state index contributed by atoms with van der Waals surface area (Å²) in [6, 6.07) is 2.26. The van der Waals surface area contributed by atoms with Crippen molar-refractivity contribution in [1.82, 2.24) is 0 Å². The molecule has 2 nitrogen and oxygen atoms in total. The minimum atomic E-state index is -4.52. The predicted octanol–water partition coefficient (Wildman–Crippen LogP) is 2.35. The SMILES string of the molecule is NC(CO)c1c(Cl)cccc1C(F)(F)F. The molecule has 0 aliphatic carbocycles. The lowest BCUT2D eigenvalue weighted by atomic mass is 10.0. The van der Waals surface area contributed by atoms with Gasteiger partial charge in [0.2, 0.25) is 0 Å². The zero-order valence-electron chi connectivity index (χ0n) is 7.55. The van der Waals surface area contributed by atoms with Crippen LogP contribution in [0.4, 0.5) is 13.2 Å². The summed E-state index contributed by atoms with van der Waals surface area (Å²) in [5, 5.41) is 8.66.